The van der Waals surface area contributed by atoms with E-state index in [9.17, 15) is 4.79 Å². The zero-order chi connectivity index (χ0) is 5.86. The zero-order valence-corrected chi connectivity index (χ0v) is 5.57. The highest BCUT2D eigenvalue weighted by Crippen LogP contribution is 1.80. The lowest BCUT2D eigenvalue weighted by Gasteiger charge is -1.96. The summed E-state index contributed by atoms with van der Waals surface area (Å²) in [5, 5.41) is 0. The Hall–Kier alpha value is -0.280. The molecule has 0 saturated heterocycles. The largest absolute Gasteiger partial charge is 0.370 e. The summed E-state index contributed by atoms with van der Waals surface area (Å²) in [6.07, 6.45) is 0.278. The summed E-state index contributed by atoms with van der Waals surface area (Å²) in [4.78, 5) is 9.95. The monoisotopic (exact) mass is 138 g/mol. The van der Waals surface area contributed by atoms with Crippen LogP contribution in [0.3, 0.4) is 0 Å². The predicted octanol–water partition coefficient (Wildman–Crippen LogP) is -0.369. The summed E-state index contributed by atoms with van der Waals surface area (Å²) in [5.74, 6) is -0.338. The van der Waals surface area contributed by atoms with Crippen molar-refractivity contribution in [2.75, 3.05) is 0 Å². The molecule has 0 bridgehead atoms. The van der Waals surface area contributed by atoms with Crippen LogP contribution in [0.2, 0.25) is 0 Å². The maximum Gasteiger partial charge on any atom is 0.218 e. The first-order valence-electron chi connectivity index (χ1n) is 2.17. The van der Waals surface area contributed by atoms with E-state index in [0.717, 1.165) is 0 Å². The second kappa shape index (κ2) is 4.87. The van der Waals surface area contributed by atoms with Crippen molar-refractivity contribution in [1.29, 1.82) is 0 Å². The fourth-order valence-electron chi connectivity index (χ4n) is 0.317. The fraction of sp³-hybridized carbons (Fsp3) is 0.750. The van der Waals surface area contributed by atoms with Gasteiger partial charge in [0.05, 0.1) is 0 Å². The molecule has 0 fully saturated rings. The van der Waals surface area contributed by atoms with Crippen molar-refractivity contribution in [3.63, 3.8) is 0 Å². The van der Waals surface area contributed by atoms with Gasteiger partial charge in [-0.05, 0) is 6.92 Å². The summed E-state index contributed by atoms with van der Waals surface area (Å²) >= 11 is 0. The molecule has 1 amide bonds. The summed E-state index contributed by atoms with van der Waals surface area (Å²) in [6, 6.07) is -0.0995. The Morgan fingerprint density at radius 2 is 2.12 bits per heavy atom. The third-order valence-corrected chi connectivity index (χ3v) is 0.523. The van der Waals surface area contributed by atoms with E-state index in [1.807, 2.05) is 0 Å². The number of rotatable bonds is 2. The van der Waals surface area contributed by atoms with E-state index >= 15 is 0 Å². The van der Waals surface area contributed by atoms with Crippen LogP contribution < -0.4 is 11.5 Å². The number of hydrogen-bond donors (Lipinski definition) is 2. The van der Waals surface area contributed by atoms with Crippen molar-refractivity contribution in [2.24, 2.45) is 11.5 Å². The highest BCUT2D eigenvalue weighted by molar-refractivity contribution is 5.85. The third kappa shape index (κ3) is 9.21. The van der Waals surface area contributed by atoms with Crippen LogP contribution >= 0.6 is 12.4 Å². The minimum atomic E-state index is -0.338. The van der Waals surface area contributed by atoms with Crippen molar-refractivity contribution in [1.82, 2.24) is 0 Å². The normalized spacial score (nSPS) is 11.8. The van der Waals surface area contributed by atoms with E-state index in [2.05, 4.69) is 0 Å². The van der Waals surface area contributed by atoms with Gasteiger partial charge in [-0.25, -0.2) is 0 Å². The highest BCUT2D eigenvalue weighted by atomic mass is 35.5. The number of carbonyl (C=O) groups excluding carboxylic acids is 1. The highest BCUT2D eigenvalue weighted by Gasteiger charge is 1.96. The van der Waals surface area contributed by atoms with Crippen LogP contribution in [0.1, 0.15) is 13.3 Å². The summed E-state index contributed by atoms with van der Waals surface area (Å²) in [6.45, 7) is 1.74. The van der Waals surface area contributed by atoms with Gasteiger partial charge in [-0.1, -0.05) is 0 Å². The molecular formula is C4H11ClN2O. The van der Waals surface area contributed by atoms with Crippen LogP contribution in [0.4, 0.5) is 0 Å². The molecule has 50 valence electrons. The fourth-order valence-corrected chi connectivity index (χ4v) is 0.317. The Morgan fingerprint density at radius 3 is 2.12 bits per heavy atom. The van der Waals surface area contributed by atoms with Gasteiger partial charge in [-0.15, -0.1) is 12.4 Å². The molecule has 0 heterocycles. The Labute approximate surface area is 54.8 Å². The van der Waals surface area contributed by atoms with E-state index in [-0.39, 0.29) is 30.8 Å². The summed E-state index contributed by atoms with van der Waals surface area (Å²) < 4.78 is 0. The van der Waals surface area contributed by atoms with E-state index < -0.39 is 0 Å². The van der Waals surface area contributed by atoms with E-state index in [1.54, 1.807) is 6.92 Å². The molecule has 0 spiro atoms. The summed E-state index contributed by atoms with van der Waals surface area (Å²) in [5.41, 5.74) is 9.97. The van der Waals surface area contributed by atoms with Crippen LogP contribution in [0, 0.1) is 0 Å². The zero-order valence-electron chi connectivity index (χ0n) is 4.76. The first-order chi connectivity index (χ1) is 3.13. The van der Waals surface area contributed by atoms with Gasteiger partial charge < -0.3 is 11.5 Å². The minimum absolute atomic E-state index is 0. The summed E-state index contributed by atoms with van der Waals surface area (Å²) in [7, 11) is 0. The smallest absolute Gasteiger partial charge is 0.218 e. The average Bonchev–Trinajstić information content (AvgIpc) is 1.27. The Kier molecular flexibility index (Phi) is 6.48. The van der Waals surface area contributed by atoms with Crippen LogP contribution in [-0.2, 0) is 4.79 Å². The van der Waals surface area contributed by atoms with Gasteiger partial charge in [0, 0.05) is 12.5 Å². The molecule has 0 aromatic rings. The molecule has 0 saturated carbocycles. The molecule has 0 aliphatic rings. The molecule has 0 aliphatic carbocycles. The average molecular weight is 139 g/mol. The van der Waals surface area contributed by atoms with Crippen molar-refractivity contribution < 1.29 is 4.79 Å². The number of nitrogens with two attached hydrogens (primary N) is 2. The van der Waals surface area contributed by atoms with E-state index in [1.165, 1.54) is 0 Å². The van der Waals surface area contributed by atoms with Gasteiger partial charge in [0.2, 0.25) is 5.91 Å². The van der Waals surface area contributed by atoms with E-state index in [0.29, 0.717) is 0 Å². The van der Waals surface area contributed by atoms with Crippen molar-refractivity contribution in [3.05, 3.63) is 0 Å². The molecular weight excluding hydrogens is 128 g/mol. The number of carbonyl (C=O) groups is 1. The molecule has 0 unspecified atom stereocenters. The van der Waals surface area contributed by atoms with E-state index in [4.69, 9.17) is 11.5 Å². The van der Waals surface area contributed by atoms with Crippen LogP contribution in [0.15, 0.2) is 0 Å². The number of halogens is 1. The lowest BCUT2D eigenvalue weighted by molar-refractivity contribution is -0.118. The first-order valence-corrected chi connectivity index (χ1v) is 2.17. The Balaban J connectivity index is 0. The van der Waals surface area contributed by atoms with Gasteiger partial charge in [-0.2, -0.15) is 0 Å². The number of primary amides is 1. The standard InChI is InChI=1S/C4H10N2O.ClH/c1-3(5)2-4(6)7;/h3H,2,5H2,1H3,(H2,6,7);1H/t3-;/m1./s1. The first kappa shape index (κ1) is 10.7. The molecule has 8 heavy (non-hydrogen) atoms. The second-order valence-corrected chi connectivity index (χ2v) is 1.65. The van der Waals surface area contributed by atoms with Gasteiger partial charge in [0.25, 0.3) is 0 Å². The second-order valence-electron chi connectivity index (χ2n) is 1.65. The molecule has 4 N–H and O–H groups in total. The van der Waals surface area contributed by atoms with Crippen molar-refractivity contribution in [3.8, 4) is 0 Å². The molecule has 4 heteroatoms. The van der Waals surface area contributed by atoms with Crippen LogP contribution in [-0.4, -0.2) is 11.9 Å². The Bertz CT molecular complexity index is 74.4. The molecule has 0 aromatic carbocycles. The maximum atomic E-state index is 9.95. The van der Waals surface area contributed by atoms with Crippen molar-refractivity contribution in [2.45, 2.75) is 19.4 Å². The van der Waals surface area contributed by atoms with Gasteiger partial charge in [0.15, 0.2) is 0 Å². The molecule has 1 atom stereocenters. The van der Waals surface area contributed by atoms with Crippen LogP contribution in [0.25, 0.3) is 0 Å². The molecule has 0 aliphatic heterocycles. The van der Waals surface area contributed by atoms with Gasteiger partial charge in [-0.3, -0.25) is 4.79 Å². The SMILES string of the molecule is C[C@@H](N)CC(N)=O.Cl. The molecule has 0 rings (SSSR count). The van der Waals surface area contributed by atoms with Gasteiger partial charge in [0.1, 0.15) is 0 Å². The van der Waals surface area contributed by atoms with Crippen LogP contribution in [0.5, 0.6) is 0 Å². The molecule has 0 radical (unpaired) electrons. The topological polar surface area (TPSA) is 69.1 Å². The molecule has 0 aromatic heterocycles. The lowest BCUT2D eigenvalue weighted by Crippen LogP contribution is -2.24. The third-order valence-electron chi connectivity index (χ3n) is 0.523. The Morgan fingerprint density at radius 1 is 1.75 bits per heavy atom. The van der Waals surface area contributed by atoms with Crippen molar-refractivity contribution >= 4 is 18.3 Å². The lowest BCUT2D eigenvalue weighted by atomic mass is 10.2. The quantitative estimate of drug-likeness (QED) is 0.547. The molecule has 3 nitrogen and oxygen atoms in total. The number of hydrogen-bond acceptors (Lipinski definition) is 2. The number of amides is 1. The maximum absolute atomic E-state index is 9.95. The van der Waals surface area contributed by atoms with Gasteiger partial charge >= 0.3 is 0 Å². The minimum Gasteiger partial charge on any atom is -0.370 e. The predicted molar refractivity (Wildman–Crippen MR) is 34.7 cm³/mol.